The Morgan fingerprint density at radius 1 is 0.727 bits per heavy atom. The van der Waals surface area contributed by atoms with Gasteiger partial charge in [0, 0.05) is 11.1 Å². The van der Waals surface area contributed by atoms with Crippen LogP contribution in [-0.4, -0.2) is 5.91 Å². The zero-order valence-corrected chi connectivity index (χ0v) is 19.4. The second-order valence-electron chi connectivity index (χ2n) is 7.42. The Kier molecular flexibility index (Phi) is 5.86. The number of anilines is 1. The number of halogens is 3. The summed E-state index contributed by atoms with van der Waals surface area (Å²) in [5.41, 5.74) is 3.56. The number of hydrogen-bond donors (Lipinski definition) is 0. The van der Waals surface area contributed by atoms with Gasteiger partial charge in [0.25, 0.3) is 5.91 Å². The van der Waals surface area contributed by atoms with E-state index in [0.717, 1.165) is 16.8 Å². The molecule has 1 aromatic heterocycles. The van der Waals surface area contributed by atoms with Crippen molar-refractivity contribution in [3.63, 3.8) is 0 Å². The Labute approximate surface area is 206 Å². The van der Waals surface area contributed by atoms with E-state index in [0.29, 0.717) is 37.8 Å². The number of hydrogen-bond acceptors (Lipinski definition) is 2. The standard InChI is InChI=1S/C27H16Cl3NO2/c28-21-12-10-18(15-23(21)30)26-13-11-20(33-26)14-19-16-25(17-6-2-1-3-7-17)31(27(19)32)24-9-5-4-8-22(24)29/h1-16H. The average Bonchev–Trinajstić information content (AvgIpc) is 3.42. The van der Waals surface area contributed by atoms with Gasteiger partial charge in [0.2, 0.25) is 0 Å². The highest BCUT2D eigenvalue weighted by Gasteiger charge is 2.31. The zero-order valence-electron chi connectivity index (χ0n) is 17.1. The molecule has 6 heteroatoms. The quantitative estimate of drug-likeness (QED) is 0.268. The van der Waals surface area contributed by atoms with Crippen molar-refractivity contribution in [2.24, 2.45) is 0 Å². The van der Waals surface area contributed by atoms with Crippen LogP contribution < -0.4 is 4.90 Å². The Balaban J connectivity index is 1.55. The minimum atomic E-state index is -0.186. The molecular weight excluding hydrogens is 477 g/mol. The molecule has 0 unspecified atom stereocenters. The maximum atomic E-state index is 13.5. The Morgan fingerprint density at radius 3 is 2.24 bits per heavy atom. The van der Waals surface area contributed by atoms with Crippen LogP contribution in [-0.2, 0) is 4.79 Å². The van der Waals surface area contributed by atoms with Crippen LogP contribution in [0.1, 0.15) is 11.3 Å². The molecule has 0 bridgehead atoms. The smallest absolute Gasteiger partial charge is 0.263 e. The van der Waals surface area contributed by atoms with Crippen LogP contribution in [0.3, 0.4) is 0 Å². The molecular formula is C27H16Cl3NO2. The van der Waals surface area contributed by atoms with Gasteiger partial charge in [-0.3, -0.25) is 9.69 Å². The number of carbonyl (C=O) groups is 1. The van der Waals surface area contributed by atoms with Gasteiger partial charge in [0.05, 0.1) is 26.5 Å². The van der Waals surface area contributed by atoms with E-state index in [1.807, 2.05) is 72.8 Å². The van der Waals surface area contributed by atoms with Gasteiger partial charge in [-0.2, -0.15) is 0 Å². The third kappa shape index (κ3) is 4.23. The Hall–Kier alpha value is -3.24. The van der Waals surface area contributed by atoms with Gasteiger partial charge in [-0.1, -0.05) is 77.3 Å². The molecule has 2 heterocycles. The van der Waals surface area contributed by atoms with Gasteiger partial charge in [0.1, 0.15) is 11.5 Å². The van der Waals surface area contributed by atoms with Crippen molar-refractivity contribution in [3.05, 3.63) is 123 Å². The minimum absolute atomic E-state index is 0.186. The molecule has 0 N–H and O–H groups in total. The Morgan fingerprint density at radius 2 is 1.48 bits per heavy atom. The fraction of sp³-hybridized carbons (Fsp3) is 0. The van der Waals surface area contributed by atoms with Crippen LogP contribution in [0.25, 0.3) is 23.1 Å². The molecule has 5 rings (SSSR count). The van der Waals surface area contributed by atoms with E-state index in [1.54, 1.807) is 29.2 Å². The minimum Gasteiger partial charge on any atom is -0.457 e. The van der Waals surface area contributed by atoms with Crippen LogP contribution in [0.2, 0.25) is 15.1 Å². The maximum Gasteiger partial charge on any atom is 0.263 e. The van der Waals surface area contributed by atoms with Gasteiger partial charge in [0.15, 0.2) is 0 Å². The van der Waals surface area contributed by atoms with E-state index < -0.39 is 0 Å². The van der Waals surface area contributed by atoms with Gasteiger partial charge in [-0.05, 0) is 60.2 Å². The van der Waals surface area contributed by atoms with Crippen molar-refractivity contribution in [2.75, 3.05) is 4.90 Å². The molecule has 0 fully saturated rings. The first-order valence-electron chi connectivity index (χ1n) is 10.1. The van der Waals surface area contributed by atoms with Gasteiger partial charge < -0.3 is 4.42 Å². The lowest BCUT2D eigenvalue weighted by Gasteiger charge is -2.21. The predicted molar refractivity (Wildman–Crippen MR) is 135 cm³/mol. The first kappa shape index (κ1) is 21.6. The van der Waals surface area contributed by atoms with Gasteiger partial charge in [-0.15, -0.1) is 0 Å². The first-order valence-corrected chi connectivity index (χ1v) is 11.3. The normalized spacial score (nSPS) is 14.8. The topological polar surface area (TPSA) is 33.5 Å². The summed E-state index contributed by atoms with van der Waals surface area (Å²) in [5, 5.41) is 1.42. The fourth-order valence-corrected chi connectivity index (χ4v) is 4.22. The molecule has 33 heavy (non-hydrogen) atoms. The van der Waals surface area contributed by atoms with E-state index in [-0.39, 0.29) is 5.91 Å². The second-order valence-corrected chi connectivity index (χ2v) is 8.64. The summed E-state index contributed by atoms with van der Waals surface area (Å²) in [5.74, 6) is 0.986. The van der Waals surface area contributed by atoms with Crippen molar-refractivity contribution < 1.29 is 9.21 Å². The van der Waals surface area contributed by atoms with E-state index in [1.165, 1.54) is 0 Å². The third-order valence-corrected chi connectivity index (χ3v) is 6.33. The Bertz CT molecular complexity index is 1420. The van der Waals surface area contributed by atoms with Gasteiger partial charge >= 0.3 is 0 Å². The largest absolute Gasteiger partial charge is 0.457 e. The summed E-state index contributed by atoms with van der Waals surface area (Å²) in [4.78, 5) is 15.1. The summed E-state index contributed by atoms with van der Waals surface area (Å²) in [6, 6.07) is 25.9. The lowest BCUT2D eigenvalue weighted by atomic mass is 10.1. The second kappa shape index (κ2) is 8.95. The molecule has 0 saturated heterocycles. The number of rotatable bonds is 4. The molecule has 1 amide bonds. The van der Waals surface area contributed by atoms with E-state index in [9.17, 15) is 4.79 Å². The van der Waals surface area contributed by atoms with E-state index >= 15 is 0 Å². The van der Waals surface area contributed by atoms with E-state index in [2.05, 4.69) is 0 Å². The molecule has 0 radical (unpaired) electrons. The van der Waals surface area contributed by atoms with Gasteiger partial charge in [-0.25, -0.2) is 0 Å². The number of nitrogens with zero attached hydrogens (tertiary/aromatic N) is 1. The lowest BCUT2D eigenvalue weighted by molar-refractivity contribution is -0.113. The summed E-state index contributed by atoms with van der Waals surface area (Å²) in [6.45, 7) is 0. The molecule has 162 valence electrons. The SMILES string of the molecule is O=C1C(=Cc2ccc(-c3ccc(Cl)c(Cl)c3)o2)C=C(c2ccccc2)N1c1ccccc1Cl. The van der Waals surface area contributed by atoms with Crippen molar-refractivity contribution in [1.29, 1.82) is 0 Å². The fourth-order valence-electron chi connectivity index (χ4n) is 3.70. The number of benzene rings is 3. The molecule has 0 aliphatic carbocycles. The highest BCUT2D eigenvalue weighted by molar-refractivity contribution is 6.42. The van der Waals surface area contributed by atoms with E-state index in [4.69, 9.17) is 39.2 Å². The van der Waals surface area contributed by atoms with Crippen molar-refractivity contribution in [2.45, 2.75) is 0 Å². The number of carbonyl (C=O) groups excluding carboxylic acids is 1. The maximum absolute atomic E-state index is 13.5. The summed E-state index contributed by atoms with van der Waals surface area (Å²) in [7, 11) is 0. The molecule has 0 saturated carbocycles. The highest BCUT2D eigenvalue weighted by atomic mass is 35.5. The molecule has 3 nitrogen and oxygen atoms in total. The summed E-state index contributed by atoms with van der Waals surface area (Å²) >= 11 is 18.6. The van der Waals surface area contributed by atoms with Crippen molar-refractivity contribution in [3.8, 4) is 11.3 Å². The van der Waals surface area contributed by atoms with Crippen LogP contribution in [0.15, 0.2) is 101 Å². The third-order valence-electron chi connectivity index (χ3n) is 5.27. The monoisotopic (exact) mass is 491 g/mol. The predicted octanol–water partition coefficient (Wildman–Crippen LogP) is 8.38. The number of amides is 1. The van der Waals surface area contributed by atoms with Crippen LogP contribution in [0.4, 0.5) is 5.69 Å². The number of furan rings is 1. The average molecular weight is 493 g/mol. The molecule has 3 aromatic carbocycles. The molecule has 0 spiro atoms. The molecule has 4 aromatic rings. The van der Waals surface area contributed by atoms with Crippen molar-refractivity contribution in [1.82, 2.24) is 0 Å². The number of para-hydroxylation sites is 1. The molecule has 1 aliphatic heterocycles. The van der Waals surface area contributed by atoms with Crippen LogP contribution >= 0.6 is 34.8 Å². The van der Waals surface area contributed by atoms with Crippen LogP contribution in [0.5, 0.6) is 0 Å². The summed E-state index contributed by atoms with van der Waals surface area (Å²) in [6.07, 6.45) is 3.57. The molecule has 0 atom stereocenters. The first-order chi connectivity index (χ1) is 16.0. The van der Waals surface area contributed by atoms with Crippen molar-refractivity contribution >= 4 is 58.2 Å². The lowest BCUT2D eigenvalue weighted by Crippen LogP contribution is -2.25. The summed E-state index contributed by atoms with van der Waals surface area (Å²) < 4.78 is 5.98. The highest BCUT2D eigenvalue weighted by Crippen LogP contribution is 2.39. The van der Waals surface area contributed by atoms with Crippen LogP contribution in [0, 0.1) is 0 Å². The zero-order chi connectivity index (χ0) is 22.9. The molecule has 1 aliphatic rings.